The zero-order valence-corrected chi connectivity index (χ0v) is 15.1. The van der Waals surface area contributed by atoms with Gasteiger partial charge in [0.05, 0.1) is 0 Å². The van der Waals surface area contributed by atoms with E-state index in [-0.39, 0.29) is 5.78 Å². The van der Waals surface area contributed by atoms with Crippen LogP contribution in [0.2, 0.25) is 0 Å². The molecule has 0 radical (unpaired) electrons. The quantitative estimate of drug-likeness (QED) is 0.449. The molecule has 3 rings (SSSR count). The number of rotatable bonds is 7. The number of aromatic nitrogens is 1. The Kier molecular flexibility index (Phi) is 5.74. The van der Waals surface area contributed by atoms with Gasteiger partial charge in [-0.15, -0.1) is 0 Å². The van der Waals surface area contributed by atoms with Crippen molar-refractivity contribution in [2.45, 2.75) is 26.2 Å². The van der Waals surface area contributed by atoms with Crippen LogP contribution in [0.4, 0.5) is 0 Å². The molecule has 0 aliphatic rings. The molecule has 1 aromatic heterocycles. The zero-order valence-electron chi connectivity index (χ0n) is 15.1. The zero-order chi connectivity index (χ0) is 18.4. The van der Waals surface area contributed by atoms with Gasteiger partial charge in [0.1, 0.15) is 5.52 Å². The van der Waals surface area contributed by atoms with Crippen LogP contribution in [0.25, 0.3) is 22.6 Å². The number of hydrogen-bond donors (Lipinski definition) is 0. The average Bonchev–Trinajstić information content (AvgIpc) is 3.08. The summed E-state index contributed by atoms with van der Waals surface area (Å²) in [5.74, 6) is 0.766. The second-order valence-corrected chi connectivity index (χ2v) is 6.23. The number of aliphatic imine (C=N–C) groups is 1. The van der Waals surface area contributed by atoms with E-state index in [0.717, 1.165) is 35.1 Å². The number of fused-ring (bicyclic) bond motifs is 1. The fourth-order valence-corrected chi connectivity index (χ4v) is 2.81. The van der Waals surface area contributed by atoms with Crippen LogP contribution in [0.3, 0.4) is 0 Å². The first-order valence-electron chi connectivity index (χ1n) is 8.74. The first kappa shape index (κ1) is 17.8. The van der Waals surface area contributed by atoms with Crippen LogP contribution < -0.4 is 0 Å². The Labute approximate surface area is 153 Å². The molecule has 0 saturated carbocycles. The smallest absolute Gasteiger partial charge is 0.227 e. The molecule has 3 aromatic rings. The summed E-state index contributed by atoms with van der Waals surface area (Å²) < 4.78 is 5.91. The molecule has 0 aliphatic carbocycles. The minimum absolute atomic E-state index is 0.128. The number of nitrogens with zero attached hydrogens (tertiary/aromatic N) is 2. The Hall–Kier alpha value is -3.01. The van der Waals surface area contributed by atoms with Crippen molar-refractivity contribution in [1.82, 2.24) is 4.98 Å². The van der Waals surface area contributed by atoms with Gasteiger partial charge in [-0.2, -0.15) is 0 Å². The lowest BCUT2D eigenvalue weighted by molar-refractivity contribution is -0.114. The van der Waals surface area contributed by atoms with E-state index in [9.17, 15) is 4.79 Å². The van der Waals surface area contributed by atoms with Gasteiger partial charge in [-0.3, -0.25) is 9.79 Å². The maximum atomic E-state index is 11.7. The number of hydrogen-bond acceptors (Lipinski definition) is 4. The number of ketones is 1. The number of aryl methyl sites for hydroxylation is 2. The molecule has 0 aliphatic heterocycles. The van der Waals surface area contributed by atoms with Gasteiger partial charge in [-0.25, -0.2) is 4.98 Å². The highest BCUT2D eigenvalue weighted by molar-refractivity contribution is 5.93. The molecule has 0 fully saturated rings. The fourth-order valence-electron chi connectivity index (χ4n) is 2.81. The number of allylic oxidation sites excluding steroid dienone is 2. The van der Waals surface area contributed by atoms with Crippen LogP contribution in [0, 0.1) is 6.92 Å². The minimum Gasteiger partial charge on any atom is -0.436 e. The van der Waals surface area contributed by atoms with E-state index in [0.29, 0.717) is 12.3 Å². The number of para-hydroxylation sites is 1. The van der Waals surface area contributed by atoms with Gasteiger partial charge in [0.2, 0.25) is 5.89 Å². The van der Waals surface area contributed by atoms with E-state index < -0.39 is 0 Å². The molecular formula is C22H22N2O2. The van der Waals surface area contributed by atoms with Gasteiger partial charge in [-0.05, 0) is 61.2 Å². The number of benzene rings is 2. The van der Waals surface area contributed by atoms with Crippen molar-refractivity contribution >= 4 is 23.1 Å². The standard InChI is InChI=1S/C22H22N2O2/c1-16-6-3-10-20-21(16)26-22(24-20)18-13-11-17(12-14-18)7-4-8-19(25)9-5-15-23-2/h3,5-6,9-15H,4,7-8H2,1-2H3/b9-5+,23-15?. The molecule has 4 nitrogen and oxygen atoms in total. The van der Waals surface area contributed by atoms with E-state index in [2.05, 4.69) is 22.1 Å². The highest BCUT2D eigenvalue weighted by Crippen LogP contribution is 2.26. The SMILES string of the molecule is CN=C/C=C/C(=O)CCCc1ccc(-c2nc3cccc(C)c3o2)cc1. The summed E-state index contributed by atoms with van der Waals surface area (Å²) in [7, 11) is 1.68. The maximum Gasteiger partial charge on any atom is 0.227 e. The molecule has 0 atom stereocenters. The fraction of sp³-hybridized carbons (Fsp3) is 0.227. The van der Waals surface area contributed by atoms with E-state index in [1.807, 2.05) is 37.3 Å². The summed E-state index contributed by atoms with van der Waals surface area (Å²) in [6, 6.07) is 14.2. The second-order valence-electron chi connectivity index (χ2n) is 6.23. The molecule has 0 spiro atoms. The predicted molar refractivity (Wildman–Crippen MR) is 106 cm³/mol. The number of oxazole rings is 1. The van der Waals surface area contributed by atoms with Gasteiger partial charge in [0.15, 0.2) is 11.4 Å². The Morgan fingerprint density at radius 1 is 1.19 bits per heavy atom. The lowest BCUT2D eigenvalue weighted by Gasteiger charge is -2.01. The highest BCUT2D eigenvalue weighted by atomic mass is 16.3. The molecular weight excluding hydrogens is 324 g/mol. The van der Waals surface area contributed by atoms with Crippen molar-refractivity contribution in [1.29, 1.82) is 0 Å². The van der Waals surface area contributed by atoms with Crippen LogP contribution in [-0.2, 0) is 11.2 Å². The first-order chi connectivity index (χ1) is 12.7. The van der Waals surface area contributed by atoms with Gasteiger partial charge in [-0.1, -0.05) is 24.3 Å². The molecule has 26 heavy (non-hydrogen) atoms. The summed E-state index contributed by atoms with van der Waals surface area (Å²) in [5.41, 5.74) is 4.96. The Morgan fingerprint density at radius 2 is 2.00 bits per heavy atom. The summed E-state index contributed by atoms with van der Waals surface area (Å²) in [6.45, 7) is 2.02. The van der Waals surface area contributed by atoms with Crippen molar-refractivity contribution in [2.75, 3.05) is 7.05 Å². The van der Waals surface area contributed by atoms with Crippen LogP contribution in [-0.4, -0.2) is 24.0 Å². The predicted octanol–water partition coefficient (Wildman–Crippen LogP) is 4.95. The second kappa shape index (κ2) is 8.39. The monoisotopic (exact) mass is 346 g/mol. The molecule has 0 unspecified atom stereocenters. The van der Waals surface area contributed by atoms with Gasteiger partial charge in [0, 0.05) is 25.2 Å². The Balaban J connectivity index is 1.61. The Bertz CT molecular complexity index is 950. The number of carbonyl (C=O) groups excluding carboxylic acids is 1. The summed E-state index contributed by atoms with van der Waals surface area (Å²) in [4.78, 5) is 20.1. The first-order valence-corrected chi connectivity index (χ1v) is 8.74. The summed E-state index contributed by atoms with van der Waals surface area (Å²) in [6.07, 6.45) is 7.11. The van der Waals surface area contributed by atoms with Crippen LogP contribution in [0.15, 0.2) is 64.0 Å². The van der Waals surface area contributed by atoms with Crippen LogP contribution in [0.1, 0.15) is 24.0 Å². The van der Waals surface area contributed by atoms with Gasteiger partial charge >= 0.3 is 0 Å². The molecule has 132 valence electrons. The van der Waals surface area contributed by atoms with Crippen molar-refractivity contribution < 1.29 is 9.21 Å². The minimum atomic E-state index is 0.128. The van der Waals surface area contributed by atoms with Crippen LogP contribution >= 0.6 is 0 Å². The summed E-state index contributed by atoms with van der Waals surface area (Å²) in [5, 5.41) is 0. The molecule has 0 N–H and O–H groups in total. The van der Waals surface area contributed by atoms with E-state index >= 15 is 0 Å². The average molecular weight is 346 g/mol. The van der Waals surface area contributed by atoms with Crippen molar-refractivity contribution in [3.8, 4) is 11.5 Å². The third-order valence-corrected chi connectivity index (χ3v) is 4.22. The maximum absolute atomic E-state index is 11.7. The lowest BCUT2D eigenvalue weighted by Crippen LogP contribution is -1.95. The van der Waals surface area contributed by atoms with Crippen molar-refractivity contribution in [3.63, 3.8) is 0 Å². The van der Waals surface area contributed by atoms with E-state index in [4.69, 9.17) is 4.42 Å². The van der Waals surface area contributed by atoms with Crippen molar-refractivity contribution in [3.05, 3.63) is 65.7 Å². The third kappa shape index (κ3) is 4.33. The van der Waals surface area contributed by atoms with E-state index in [1.165, 1.54) is 5.56 Å². The van der Waals surface area contributed by atoms with Gasteiger partial charge < -0.3 is 4.42 Å². The molecule has 4 heteroatoms. The van der Waals surface area contributed by atoms with Crippen LogP contribution in [0.5, 0.6) is 0 Å². The molecule has 1 heterocycles. The summed E-state index contributed by atoms with van der Waals surface area (Å²) >= 11 is 0. The van der Waals surface area contributed by atoms with Gasteiger partial charge in [0.25, 0.3) is 0 Å². The molecule has 0 bridgehead atoms. The topological polar surface area (TPSA) is 55.5 Å². The van der Waals surface area contributed by atoms with Crippen molar-refractivity contribution in [2.24, 2.45) is 4.99 Å². The molecule has 0 amide bonds. The molecule has 0 saturated heterocycles. The van der Waals surface area contributed by atoms with E-state index in [1.54, 1.807) is 25.4 Å². The normalized spacial score (nSPS) is 11.8. The lowest BCUT2D eigenvalue weighted by atomic mass is 10.0. The highest BCUT2D eigenvalue weighted by Gasteiger charge is 2.09. The third-order valence-electron chi connectivity index (χ3n) is 4.22. The Morgan fingerprint density at radius 3 is 2.73 bits per heavy atom. The largest absolute Gasteiger partial charge is 0.436 e. The molecule has 2 aromatic carbocycles. The number of carbonyl (C=O) groups is 1.